The molecular formula is C27H27NO4. The minimum absolute atomic E-state index is 0.0673. The number of ether oxygens (including phenoxy) is 1. The number of hydrogen-bond donors (Lipinski definition) is 2. The quantitative estimate of drug-likeness (QED) is 0.503. The second-order valence-corrected chi connectivity index (χ2v) is 8.43. The Morgan fingerprint density at radius 1 is 0.906 bits per heavy atom. The molecule has 0 fully saturated rings. The fraction of sp³-hybridized carbons (Fsp3) is 0.259. The molecule has 1 atom stereocenters. The summed E-state index contributed by atoms with van der Waals surface area (Å²) in [6.45, 7) is 1.68. The SMILES string of the molecule is CC(CCCc1ccccc1)(NC(=O)OCC1c2ccccc2-c2ccccc21)C(=O)O. The van der Waals surface area contributed by atoms with E-state index in [9.17, 15) is 14.7 Å². The summed E-state index contributed by atoms with van der Waals surface area (Å²) in [5.74, 6) is -1.14. The summed E-state index contributed by atoms with van der Waals surface area (Å²) < 4.78 is 5.54. The maximum absolute atomic E-state index is 12.6. The van der Waals surface area contributed by atoms with Gasteiger partial charge in [0.05, 0.1) is 0 Å². The van der Waals surface area contributed by atoms with Crippen LogP contribution in [-0.4, -0.2) is 29.3 Å². The van der Waals surface area contributed by atoms with Crippen molar-refractivity contribution in [1.82, 2.24) is 5.32 Å². The van der Waals surface area contributed by atoms with Crippen LogP contribution < -0.4 is 5.32 Å². The van der Waals surface area contributed by atoms with Gasteiger partial charge in [-0.15, -0.1) is 0 Å². The third kappa shape index (κ3) is 4.52. The summed E-state index contributed by atoms with van der Waals surface area (Å²) in [4.78, 5) is 24.5. The van der Waals surface area contributed by atoms with Gasteiger partial charge in [-0.1, -0.05) is 78.9 Å². The largest absolute Gasteiger partial charge is 0.480 e. The molecule has 0 saturated heterocycles. The fourth-order valence-electron chi connectivity index (χ4n) is 4.37. The molecule has 0 radical (unpaired) electrons. The summed E-state index contributed by atoms with van der Waals surface area (Å²) in [5.41, 5.74) is 4.27. The van der Waals surface area contributed by atoms with Gasteiger partial charge in [0.1, 0.15) is 12.1 Å². The van der Waals surface area contributed by atoms with Gasteiger partial charge >= 0.3 is 12.1 Å². The van der Waals surface area contributed by atoms with Gasteiger partial charge in [0.25, 0.3) is 0 Å². The zero-order valence-corrected chi connectivity index (χ0v) is 18.1. The van der Waals surface area contributed by atoms with E-state index in [-0.39, 0.29) is 12.5 Å². The number of alkyl carbamates (subject to hydrolysis) is 1. The van der Waals surface area contributed by atoms with Crippen LogP contribution in [0.25, 0.3) is 11.1 Å². The third-order valence-electron chi connectivity index (χ3n) is 6.18. The average Bonchev–Trinajstić information content (AvgIpc) is 3.12. The van der Waals surface area contributed by atoms with E-state index in [1.807, 2.05) is 66.7 Å². The molecular weight excluding hydrogens is 402 g/mol. The molecule has 3 aromatic rings. The van der Waals surface area contributed by atoms with Gasteiger partial charge in [0, 0.05) is 5.92 Å². The van der Waals surface area contributed by atoms with E-state index in [0.29, 0.717) is 12.8 Å². The second kappa shape index (κ2) is 9.27. The number of nitrogens with one attached hydrogen (secondary N) is 1. The summed E-state index contributed by atoms with van der Waals surface area (Å²) in [7, 11) is 0. The van der Waals surface area contributed by atoms with E-state index in [1.165, 1.54) is 6.92 Å². The molecule has 3 aromatic carbocycles. The lowest BCUT2D eigenvalue weighted by Crippen LogP contribution is -2.52. The number of hydrogen-bond acceptors (Lipinski definition) is 3. The van der Waals surface area contributed by atoms with E-state index in [1.54, 1.807) is 0 Å². The Morgan fingerprint density at radius 3 is 2.06 bits per heavy atom. The number of rotatable bonds is 8. The number of carboxylic acids is 1. The molecule has 0 aliphatic heterocycles. The van der Waals surface area contributed by atoms with Crippen molar-refractivity contribution in [2.45, 2.75) is 37.6 Å². The highest BCUT2D eigenvalue weighted by atomic mass is 16.5. The maximum Gasteiger partial charge on any atom is 0.408 e. The lowest BCUT2D eigenvalue weighted by molar-refractivity contribution is -0.144. The summed E-state index contributed by atoms with van der Waals surface area (Å²) in [6, 6.07) is 26.1. The van der Waals surface area contributed by atoms with Gasteiger partial charge in [0.2, 0.25) is 0 Å². The third-order valence-corrected chi connectivity index (χ3v) is 6.18. The van der Waals surface area contributed by atoms with Gasteiger partial charge in [-0.2, -0.15) is 0 Å². The van der Waals surface area contributed by atoms with Crippen molar-refractivity contribution in [3.05, 3.63) is 95.6 Å². The van der Waals surface area contributed by atoms with Crippen molar-refractivity contribution in [3.8, 4) is 11.1 Å². The number of carbonyl (C=O) groups excluding carboxylic acids is 1. The zero-order valence-electron chi connectivity index (χ0n) is 18.1. The molecule has 1 aliphatic rings. The Balaban J connectivity index is 1.38. The Kier molecular flexibility index (Phi) is 6.26. The van der Waals surface area contributed by atoms with Crippen molar-refractivity contribution in [2.75, 3.05) is 6.61 Å². The fourth-order valence-corrected chi connectivity index (χ4v) is 4.37. The van der Waals surface area contributed by atoms with E-state index in [2.05, 4.69) is 17.4 Å². The standard InChI is InChI=1S/C27H27NO4/c1-27(25(29)30,17-9-12-19-10-3-2-4-11-19)28-26(31)32-18-24-22-15-7-5-13-20(22)21-14-6-8-16-23(21)24/h2-8,10-11,13-16,24H,9,12,17-18H2,1H3,(H,28,31)(H,29,30). The second-order valence-electron chi connectivity index (χ2n) is 8.43. The van der Waals surface area contributed by atoms with Gasteiger partial charge in [0.15, 0.2) is 0 Å². The zero-order chi connectivity index (χ0) is 22.6. The molecule has 0 aromatic heterocycles. The molecule has 5 heteroatoms. The predicted molar refractivity (Wildman–Crippen MR) is 124 cm³/mol. The van der Waals surface area contributed by atoms with Crippen molar-refractivity contribution in [3.63, 3.8) is 0 Å². The van der Waals surface area contributed by atoms with Crippen LogP contribution in [0.3, 0.4) is 0 Å². The summed E-state index contributed by atoms with van der Waals surface area (Å²) >= 11 is 0. The molecule has 0 bridgehead atoms. The molecule has 0 saturated carbocycles. The predicted octanol–water partition coefficient (Wildman–Crippen LogP) is 5.39. The first-order chi connectivity index (χ1) is 15.5. The highest BCUT2D eigenvalue weighted by molar-refractivity contribution is 5.84. The molecule has 1 amide bonds. The number of aliphatic carboxylic acids is 1. The number of carboxylic acid groups (broad SMARTS) is 1. The van der Waals surface area contributed by atoms with E-state index < -0.39 is 17.6 Å². The molecule has 164 valence electrons. The Hall–Kier alpha value is -3.60. The van der Waals surface area contributed by atoms with Crippen LogP contribution in [0.4, 0.5) is 4.79 Å². The van der Waals surface area contributed by atoms with Crippen molar-refractivity contribution in [2.24, 2.45) is 0 Å². The highest BCUT2D eigenvalue weighted by Crippen LogP contribution is 2.44. The monoisotopic (exact) mass is 429 g/mol. The van der Waals surface area contributed by atoms with Crippen LogP contribution in [0.5, 0.6) is 0 Å². The minimum atomic E-state index is -1.39. The van der Waals surface area contributed by atoms with Gasteiger partial charge in [-0.3, -0.25) is 0 Å². The highest BCUT2D eigenvalue weighted by Gasteiger charge is 2.36. The Labute approximate surface area is 188 Å². The van der Waals surface area contributed by atoms with Crippen LogP contribution >= 0.6 is 0 Å². The smallest absolute Gasteiger partial charge is 0.408 e. The first-order valence-electron chi connectivity index (χ1n) is 10.9. The van der Waals surface area contributed by atoms with Crippen LogP contribution in [-0.2, 0) is 16.0 Å². The Morgan fingerprint density at radius 2 is 1.47 bits per heavy atom. The topological polar surface area (TPSA) is 75.6 Å². The van der Waals surface area contributed by atoms with Crippen LogP contribution in [0, 0.1) is 0 Å². The minimum Gasteiger partial charge on any atom is -0.480 e. The normalized spacial score (nSPS) is 14.2. The number of aryl methyl sites for hydroxylation is 1. The van der Waals surface area contributed by atoms with Gasteiger partial charge < -0.3 is 15.2 Å². The lowest BCUT2D eigenvalue weighted by Gasteiger charge is -2.26. The van der Waals surface area contributed by atoms with Crippen molar-refractivity contribution < 1.29 is 19.4 Å². The molecule has 5 nitrogen and oxygen atoms in total. The van der Waals surface area contributed by atoms with Crippen LogP contribution in [0.15, 0.2) is 78.9 Å². The van der Waals surface area contributed by atoms with Crippen molar-refractivity contribution >= 4 is 12.1 Å². The molecule has 0 spiro atoms. The molecule has 1 aliphatic carbocycles. The van der Waals surface area contributed by atoms with Crippen molar-refractivity contribution in [1.29, 1.82) is 0 Å². The average molecular weight is 430 g/mol. The number of fused-ring (bicyclic) bond motifs is 3. The summed E-state index contributed by atoms with van der Waals surface area (Å²) in [6.07, 6.45) is 0.977. The number of carbonyl (C=O) groups is 2. The molecule has 4 rings (SSSR count). The molecule has 32 heavy (non-hydrogen) atoms. The first kappa shape index (κ1) is 21.6. The molecule has 0 heterocycles. The Bertz CT molecular complexity index is 1070. The van der Waals surface area contributed by atoms with E-state index in [4.69, 9.17) is 4.74 Å². The summed E-state index contributed by atoms with van der Waals surface area (Å²) in [5, 5.41) is 12.3. The lowest BCUT2D eigenvalue weighted by atomic mass is 9.93. The molecule has 2 N–H and O–H groups in total. The maximum atomic E-state index is 12.6. The first-order valence-corrected chi connectivity index (χ1v) is 10.9. The van der Waals surface area contributed by atoms with Gasteiger partial charge in [-0.25, -0.2) is 9.59 Å². The van der Waals surface area contributed by atoms with Gasteiger partial charge in [-0.05, 0) is 54.0 Å². The number of amides is 1. The molecule has 1 unspecified atom stereocenters. The van der Waals surface area contributed by atoms with E-state index >= 15 is 0 Å². The van der Waals surface area contributed by atoms with Crippen LogP contribution in [0.1, 0.15) is 42.4 Å². The van der Waals surface area contributed by atoms with E-state index in [0.717, 1.165) is 34.2 Å². The van der Waals surface area contributed by atoms with Crippen LogP contribution in [0.2, 0.25) is 0 Å². The number of benzene rings is 3.